The van der Waals surface area contributed by atoms with Crippen LogP contribution in [0, 0.1) is 5.92 Å². The molecule has 1 aliphatic rings. The van der Waals surface area contributed by atoms with Gasteiger partial charge in [0.1, 0.15) is 0 Å². The van der Waals surface area contributed by atoms with Crippen molar-refractivity contribution in [3.05, 3.63) is 42.2 Å². The Kier molecular flexibility index (Phi) is 4.65. The number of benzene rings is 1. The molecule has 2 heterocycles. The lowest BCUT2D eigenvalue weighted by molar-refractivity contribution is 0.161. The Labute approximate surface area is 131 Å². The van der Waals surface area contributed by atoms with E-state index in [2.05, 4.69) is 27.0 Å². The minimum Gasteiger partial charge on any atom is -0.384 e. The standard InChI is InChI=1S/C17H22N4O/c1-22-12-14-5-6-21(11-14)17-19-9-16(10-20-17)15-4-2-3-13(7-15)8-18/h2-4,7,9-10,14H,5-6,8,11-12,18H2,1H3. The van der Waals surface area contributed by atoms with Gasteiger partial charge in [0.15, 0.2) is 0 Å². The number of rotatable bonds is 5. The predicted molar refractivity (Wildman–Crippen MR) is 87.6 cm³/mol. The topological polar surface area (TPSA) is 64.3 Å². The summed E-state index contributed by atoms with van der Waals surface area (Å²) >= 11 is 0. The molecule has 1 saturated heterocycles. The number of anilines is 1. The third-order valence-corrected chi connectivity index (χ3v) is 4.11. The van der Waals surface area contributed by atoms with Crippen LogP contribution in [-0.4, -0.2) is 36.8 Å². The number of hydrogen-bond acceptors (Lipinski definition) is 5. The molecule has 5 nitrogen and oxygen atoms in total. The molecular weight excluding hydrogens is 276 g/mol. The summed E-state index contributed by atoms with van der Waals surface area (Å²) in [5, 5.41) is 0. The van der Waals surface area contributed by atoms with Crippen molar-refractivity contribution in [3.8, 4) is 11.1 Å². The van der Waals surface area contributed by atoms with E-state index in [0.29, 0.717) is 12.5 Å². The van der Waals surface area contributed by atoms with Crippen molar-refractivity contribution in [1.29, 1.82) is 0 Å². The Balaban J connectivity index is 1.73. The molecule has 0 saturated carbocycles. The van der Waals surface area contributed by atoms with Gasteiger partial charge in [-0.1, -0.05) is 18.2 Å². The first-order chi connectivity index (χ1) is 10.8. The van der Waals surface area contributed by atoms with E-state index in [9.17, 15) is 0 Å². The van der Waals surface area contributed by atoms with Crippen LogP contribution in [0.2, 0.25) is 0 Å². The van der Waals surface area contributed by atoms with E-state index in [1.54, 1.807) is 7.11 Å². The summed E-state index contributed by atoms with van der Waals surface area (Å²) in [5.41, 5.74) is 8.93. The first-order valence-corrected chi connectivity index (χ1v) is 7.65. The highest BCUT2D eigenvalue weighted by atomic mass is 16.5. The first-order valence-electron chi connectivity index (χ1n) is 7.65. The maximum absolute atomic E-state index is 5.69. The molecule has 1 aromatic heterocycles. The highest BCUT2D eigenvalue weighted by molar-refractivity contribution is 5.63. The van der Waals surface area contributed by atoms with Gasteiger partial charge in [-0.05, 0) is 23.6 Å². The van der Waals surface area contributed by atoms with E-state index < -0.39 is 0 Å². The van der Waals surface area contributed by atoms with Crippen LogP contribution < -0.4 is 10.6 Å². The predicted octanol–water partition coefficient (Wildman–Crippen LogP) is 2.08. The third kappa shape index (κ3) is 3.26. The molecule has 2 N–H and O–H groups in total. The van der Waals surface area contributed by atoms with Gasteiger partial charge in [0.25, 0.3) is 0 Å². The molecule has 0 amide bonds. The molecule has 116 valence electrons. The second kappa shape index (κ2) is 6.85. The van der Waals surface area contributed by atoms with Crippen LogP contribution in [0.25, 0.3) is 11.1 Å². The Morgan fingerprint density at radius 1 is 1.27 bits per heavy atom. The van der Waals surface area contributed by atoms with Gasteiger partial charge in [-0.2, -0.15) is 0 Å². The maximum atomic E-state index is 5.69. The molecule has 1 unspecified atom stereocenters. The summed E-state index contributed by atoms with van der Waals surface area (Å²) in [6, 6.07) is 8.19. The second-order valence-corrected chi connectivity index (χ2v) is 5.73. The lowest BCUT2D eigenvalue weighted by Crippen LogP contribution is -2.23. The van der Waals surface area contributed by atoms with Crippen LogP contribution in [0.5, 0.6) is 0 Å². The Bertz CT molecular complexity index is 614. The van der Waals surface area contributed by atoms with Crippen LogP contribution in [-0.2, 0) is 11.3 Å². The monoisotopic (exact) mass is 298 g/mol. The lowest BCUT2D eigenvalue weighted by Gasteiger charge is -2.16. The average Bonchev–Trinajstić information content (AvgIpc) is 3.04. The molecule has 0 bridgehead atoms. The maximum Gasteiger partial charge on any atom is 0.225 e. The van der Waals surface area contributed by atoms with Crippen molar-refractivity contribution in [1.82, 2.24) is 9.97 Å². The molecule has 0 aliphatic carbocycles. The van der Waals surface area contributed by atoms with Gasteiger partial charge >= 0.3 is 0 Å². The van der Waals surface area contributed by atoms with Crippen molar-refractivity contribution < 1.29 is 4.74 Å². The number of nitrogens with zero attached hydrogens (tertiary/aromatic N) is 3. The van der Waals surface area contributed by atoms with Crippen molar-refractivity contribution in [2.45, 2.75) is 13.0 Å². The van der Waals surface area contributed by atoms with Gasteiger partial charge in [0.05, 0.1) is 6.61 Å². The summed E-state index contributed by atoms with van der Waals surface area (Å²) in [5.74, 6) is 1.38. The van der Waals surface area contributed by atoms with E-state index >= 15 is 0 Å². The van der Waals surface area contributed by atoms with Gasteiger partial charge in [0.2, 0.25) is 5.95 Å². The number of ether oxygens (including phenoxy) is 1. The van der Waals surface area contributed by atoms with E-state index in [-0.39, 0.29) is 0 Å². The molecule has 1 aromatic carbocycles. The van der Waals surface area contributed by atoms with Crippen molar-refractivity contribution in [2.75, 3.05) is 31.7 Å². The number of hydrogen-bond donors (Lipinski definition) is 1. The number of aromatic nitrogens is 2. The largest absolute Gasteiger partial charge is 0.384 e. The van der Waals surface area contributed by atoms with Crippen molar-refractivity contribution >= 4 is 5.95 Å². The summed E-state index contributed by atoms with van der Waals surface area (Å²) in [4.78, 5) is 11.3. The second-order valence-electron chi connectivity index (χ2n) is 5.73. The number of methoxy groups -OCH3 is 1. The van der Waals surface area contributed by atoms with Gasteiger partial charge in [-0.15, -0.1) is 0 Å². The lowest BCUT2D eigenvalue weighted by atomic mass is 10.1. The molecule has 0 radical (unpaired) electrons. The molecule has 5 heteroatoms. The van der Waals surface area contributed by atoms with Gasteiger partial charge < -0.3 is 15.4 Å². The van der Waals surface area contributed by atoms with Gasteiger partial charge in [-0.3, -0.25) is 0 Å². The molecule has 22 heavy (non-hydrogen) atoms. The van der Waals surface area contributed by atoms with Crippen LogP contribution in [0.4, 0.5) is 5.95 Å². The molecule has 1 aliphatic heterocycles. The van der Waals surface area contributed by atoms with Crippen LogP contribution in [0.3, 0.4) is 0 Å². The van der Waals surface area contributed by atoms with E-state index in [0.717, 1.165) is 48.8 Å². The first kappa shape index (κ1) is 14.9. The Hall–Kier alpha value is -1.98. The molecule has 0 spiro atoms. The smallest absolute Gasteiger partial charge is 0.225 e. The fourth-order valence-corrected chi connectivity index (χ4v) is 2.90. The third-order valence-electron chi connectivity index (χ3n) is 4.11. The fraction of sp³-hybridized carbons (Fsp3) is 0.412. The average molecular weight is 298 g/mol. The quantitative estimate of drug-likeness (QED) is 0.915. The highest BCUT2D eigenvalue weighted by Crippen LogP contribution is 2.23. The van der Waals surface area contributed by atoms with Gasteiger partial charge in [0, 0.05) is 50.6 Å². The van der Waals surface area contributed by atoms with Crippen LogP contribution in [0.1, 0.15) is 12.0 Å². The molecular formula is C17H22N4O. The zero-order chi connectivity index (χ0) is 15.4. The Morgan fingerprint density at radius 2 is 2.09 bits per heavy atom. The fourth-order valence-electron chi connectivity index (χ4n) is 2.90. The van der Waals surface area contributed by atoms with Crippen molar-refractivity contribution in [3.63, 3.8) is 0 Å². The highest BCUT2D eigenvalue weighted by Gasteiger charge is 2.24. The Morgan fingerprint density at radius 3 is 2.82 bits per heavy atom. The minimum atomic E-state index is 0.543. The summed E-state index contributed by atoms with van der Waals surface area (Å²) in [6.07, 6.45) is 4.92. The minimum absolute atomic E-state index is 0.543. The number of nitrogens with two attached hydrogens (primary N) is 1. The molecule has 1 fully saturated rings. The molecule has 3 rings (SSSR count). The summed E-state index contributed by atoms with van der Waals surface area (Å²) < 4.78 is 5.23. The zero-order valence-electron chi connectivity index (χ0n) is 12.9. The summed E-state index contributed by atoms with van der Waals surface area (Å²) in [6.45, 7) is 3.31. The van der Waals surface area contributed by atoms with Crippen LogP contribution >= 0.6 is 0 Å². The van der Waals surface area contributed by atoms with Gasteiger partial charge in [-0.25, -0.2) is 9.97 Å². The summed E-state index contributed by atoms with van der Waals surface area (Å²) in [7, 11) is 1.75. The zero-order valence-corrected chi connectivity index (χ0v) is 12.9. The normalized spacial score (nSPS) is 17.9. The van der Waals surface area contributed by atoms with E-state index in [1.807, 2.05) is 24.5 Å². The van der Waals surface area contributed by atoms with Crippen LogP contribution in [0.15, 0.2) is 36.7 Å². The van der Waals surface area contributed by atoms with Crippen molar-refractivity contribution in [2.24, 2.45) is 11.7 Å². The molecule has 2 aromatic rings. The molecule has 1 atom stereocenters. The SMILES string of the molecule is COCC1CCN(c2ncc(-c3cccc(CN)c3)cn2)C1. The van der Waals surface area contributed by atoms with E-state index in [4.69, 9.17) is 10.5 Å². The van der Waals surface area contributed by atoms with E-state index in [1.165, 1.54) is 0 Å².